The Hall–Kier alpha value is -0.220. The van der Waals surface area contributed by atoms with Crippen LogP contribution in [-0.2, 0) is 0 Å². The number of thioether (sulfide) groups is 1. The molecule has 0 aliphatic carbocycles. The van der Waals surface area contributed by atoms with Gasteiger partial charge >= 0.3 is 0 Å². The zero-order chi connectivity index (χ0) is 14.8. The van der Waals surface area contributed by atoms with Crippen LogP contribution in [0.2, 0.25) is 5.02 Å². The zero-order valence-electron chi connectivity index (χ0n) is 12.5. The Morgan fingerprint density at radius 3 is 2.55 bits per heavy atom. The normalized spacial score (nSPS) is 14.2. The number of nitrogens with one attached hydrogen (secondary N) is 1. The molecule has 2 nitrogen and oxygen atoms in total. The van der Waals surface area contributed by atoms with E-state index < -0.39 is 0 Å². The van der Waals surface area contributed by atoms with Gasteiger partial charge in [0.25, 0.3) is 0 Å². The number of rotatable bonds is 10. The van der Waals surface area contributed by atoms with Crippen LogP contribution in [0.4, 0.5) is 0 Å². The smallest absolute Gasteiger partial charge is 0.0610 e. The molecule has 1 aromatic rings. The first-order valence-corrected chi connectivity index (χ1v) is 8.70. The fraction of sp³-hybridized carbons (Fsp3) is 0.625. The van der Waals surface area contributed by atoms with E-state index in [9.17, 15) is 5.11 Å². The van der Waals surface area contributed by atoms with E-state index in [4.69, 9.17) is 11.6 Å². The van der Waals surface area contributed by atoms with Crippen molar-refractivity contribution < 1.29 is 5.11 Å². The number of hydrogen-bond acceptors (Lipinski definition) is 3. The second-order valence-corrected chi connectivity index (χ2v) is 7.01. The van der Waals surface area contributed by atoms with E-state index in [0.717, 1.165) is 43.0 Å². The minimum Gasteiger partial charge on any atom is -0.394 e. The van der Waals surface area contributed by atoms with Crippen LogP contribution >= 0.6 is 23.4 Å². The van der Waals surface area contributed by atoms with E-state index in [0.29, 0.717) is 0 Å². The molecule has 0 amide bonds. The lowest BCUT2D eigenvalue weighted by atomic mass is 9.96. The fourth-order valence-corrected chi connectivity index (χ4v) is 3.03. The second-order valence-electron chi connectivity index (χ2n) is 5.41. The average molecular weight is 316 g/mol. The van der Waals surface area contributed by atoms with Crippen molar-refractivity contribution in [3.8, 4) is 0 Å². The van der Waals surface area contributed by atoms with Gasteiger partial charge in [-0.2, -0.15) is 0 Å². The van der Waals surface area contributed by atoms with Crippen molar-refractivity contribution in [3.63, 3.8) is 0 Å². The molecule has 0 saturated heterocycles. The maximum Gasteiger partial charge on any atom is 0.0610 e. The van der Waals surface area contributed by atoms with Gasteiger partial charge in [0.1, 0.15) is 0 Å². The van der Waals surface area contributed by atoms with E-state index in [1.165, 1.54) is 4.90 Å². The molecule has 0 radical (unpaired) electrons. The van der Waals surface area contributed by atoms with Crippen molar-refractivity contribution in [1.29, 1.82) is 0 Å². The zero-order valence-corrected chi connectivity index (χ0v) is 14.1. The van der Waals surface area contributed by atoms with Gasteiger partial charge in [-0.1, -0.05) is 24.9 Å². The Morgan fingerprint density at radius 1 is 1.25 bits per heavy atom. The number of benzene rings is 1. The third-order valence-corrected chi connectivity index (χ3v) is 4.71. The van der Waals surface area contributed by atoms with Gasteiger partial charge in [-0.3, -0.25) is 0 Å². The van der Waals surface area contributed by atoms with Crippen molar-refractivity contribution in [2.45, 2.75) is 50.0 Å². The van der Waals surface area contributed by atoms with Crippen molar-refractivity contribution in [2.24, 2.45) is 0 Å². The lowest BCUT2D eigenvalue weighted by Crippen LogP contribution is -2.46. The average Bonchev–Trinajstić information content (AvgIpc) is 2.47. The molecule has 1 rings (SSSR count). The molecule has 0 spiro atoms. The number of halogens is 1. The van der Waals surface area contributed by atoms with Crippen molar-refractivity contribution in [1.82, 2.24) is 5.32 Å². The molecule has 0 heterocycles. The molecule has 2 N–H and O–H groups in total. The molecular formula is C16H26ClNOS. The van der Waals surface area contributed by atoms with Crippen LogP contribution < -0.4 is 5.32 Å². The third-order valence-electron chi connectivity index (χ3n) is 3.36. The largest absolute Gasteiger partial charge is 0.394 e. The Balaban J connectivity index is 2.18. The summed E-state index contributed by atoms with van der Waals surface area (Å²) < 4.78 is 0. The highest BCUT2D eigenvalue weighted by molar-refractivity contribution is 7.99. The second kappa shape index (κ2) is 9.67. The van der Waals surface area contributed by atoms with Crippen LogP contribution in [0, 0.1) is 0 Å². The van der Waals surface area contributed by atoms with E-state index >= 15 is 0 Å². The molecule has 1 atom stereocenters. The van der Waals surface area contributed by atoms with Crippen LogP contribution in [0.3, 0.4) is 0 Å². The van der Waals surface area contributed by atoms with E-state index in [1.54, 1.807) is 0 Å². The van der Waals surface area contributed by atoms with Gasteiger partial charge in [-0.25, -0.2) is 0 Å². The van der Waals surface area contributed by atoms with Gasteiger partial charge in [0.2, 0.25) is 0 Å². The molecule has 0 aliphatic rings. The molecule has 20 heavy (non-hydrogen) atoms. The first kappa shape index (κ1) is 17.8. The van der Waals surface area contributed by atoms with Gasteiger partial charge in [0, 0.05) is 15.5 Å². The van der Waals surface area contributed by atoms with E-state index in [1.807, 2.05) is 23.9 Å². The van der Waals surface area contributed by atoms with Crippen LogP contribution in [0.5, 0.6) is 0 Å². The van der Waals surface area contributed by atoms with Crippen molar-refractivity contribution in [3.05, 3.63) is 29.3 Å². The SMILES string of the molecule is CCCNC(C)(CO)CCCCSc1ccc(Cl)cc1. The molecule has 114 valence electrons. The summed E-state index contributed by atoms with van der Waals surface area (Å²) in [6, 6.07) is 7.99. The summed E-state index contributed by atoms with van der Waals surface area (Å²) in [6.45, 7) is 5.43. The highest BCUT2D eigenvalue weighted by Gasteiger charge is 2.21. The summed E-state index contributed by atoms with van der Waals surface area (Å²) in [6.07, 6.45) is 4.41. The molecule has 0 fully saturated rings. The Labute approximate surface area is 132 Å². The number of hydrogen-bond donors (Lipinski definition) is 2. The third kappa shape index (κ3) is 6.98. The molecule has 1 unspecified atom stereocenters. The number of aliphatic hydroxyl groups excluding tert-OH is 1. The van der Waals surface area contributed by atoms with Gasteiger partial charge in [-0.05, 0) is 62.7 Å². The number of unbranched alkanes of at least 4 members (excludes halogenated alkanes) is 1. The maximum atomic E-state index is 9.49. The van der Waals surface area contributed by atoms with Gasteiger partial charge in [0.15, 0.2) is 0 Å². The summed E-state index contributed by atoms with van der Waals surface area (Å²) in [7, 11) is 0. The topological polar surface area (TPSA) is 32.3 Å². The van der Waals surface area contributed by atoms with Crippen molar-refractivity contribution in [2.75, 3.05) is 18.9 Å². The first-order chi connectivity index (χ1) is 9.59. The molecule has 0 bridgehead atoms. The quantitative estimate of drug-likeness (QED) is 0.497. The minimum absolute atomic E-state index is 0.124. The molecule has 0 saturated carbocycles. The standard InChI is InChI=1S/C16H26ClNOS/c1-3-11-18-16(2,13-19)10-4-5-12-20-15-8-6-14(17)7-9-15/h6-9,18-19H,3-5,10-13H2,1-2H3. The van der Waals surface area contributed by atoms with Crippen LogP contribution in [0.25, 0.3) is 0 Å². The van der Waals surface area contributed by atoms with Gasteiger partial charge in [0.05, 0.1) is 6.61 Å². The van der Waals surface area contributed by atoms with E-state index in [-0.39, 0.29) is 12.1 Å². The highest BCUT2D eigenvalue weighted by atomic mass is 35.5. The van der Waals surface area contributed by atoms with Crippen molar-refractivity contribution >= 4 is 23.4 Å². The Kier molecular flexibility index (Phi) is 8.62. The summed E-state index contributed by atoms with van der Waals surface area (Å²) in [5, 5.41) is 13.7. The maximum absolute atomic E-state index is 9.49. The molecule has 1 aromatic carbocycles. The summed E-state index contributed by atoms with van der Waals surface area (Å²) >= 11 is 7.73. The predicted molar refractivity (Wildman–Crippen MR) is 89.8 cm³/mol. The summed E-state index contributed by atoms with van der Waals surface area (Å²) in [5.74, 6) is 1.11. The molecule has 0 aromatic heterocycles. The lowest BCUT2D eigenvalue weighted by molar-refractivity contribution is 0.163. The molecule has 4 heteroatoms. The molecular weight excluding hydrogens is 290 g/mol. The highest BCUT2D eigenvalue weighted by Crippen LogP contribution is 2.22. The van der Waals surface area contributed by atoms with Gasteiger partial charge < -0.3 is 10.4 Å². The Morgan fingerprint density at radius 2 is 1.95 bits per heavy atom. The molecule has 0 aliphatic heterocycles. The fourth-order valence-electron chi connectivity index (χ4n) is 1.99. The van der Waals surface area contributed by atoms with Crippen LogP contribution in [-0.4, -0.2) is 29.5 Å². The number of aliphatic hydroxyl groups is 1. The van der Waals surface area contributed by atoms with Gasteiger partial charge in [-0.15, -0.1) is 11.8 Å². The van der Waals surface area contributed by atoms with Crippen LogP contribution in [0.15, 0.2) is 29.2 Å². The van der Waals surface area contributed by atoms with Crippen LogP contribution in [0.1, 0.15) is 39.5 Å². The van der Waals surface area contributed by atoms with E-state index in [2.05, 4.69) is 31.3 Å². The minimum atomic E-state index is -0.124. The monoisotopic (exact) mass is 315 g/mol. The lowest BCUT2D eigenvalue weighted by Gasteiger charge is -2.28. The first-order valence-electron chi connectivity index (χ1n) is 7.34. The summed E-state index contributed by atoms with van der Waals surface area (Å²) in [4.78, 5) is 1.27. The summed E-state index contributed by atoms with van der Waals surface area (Å²) in [5.41, 5.74) is -0.124. The predicted octanol–water partition coefficient (Wildman–Crippen LogP) is 4.35. The Bertz CT molecular complexity index is 371.